The van der Waals surface area contributed by atoms with Gasteiger partial charge in [-0.2, -0.15) is 13.2 Å². The number of aliphatic hydroxyl groups is 1. The monoisotopic (exact) mass is 301 g/mol. The van der Waals surface area contributed by atoms with E-state index in [2.05, 4.69) is 0 Å². The predicted octanol–water partition coefficient (Wildman–Crippen LogP) is 3.26. The Hall–Kier alpha value is -1.56. The van der Waals surface area contributed by atoms with Gasteiger partial charge in [0.2, 0.25) is 0 Å². The first-order chi connectivity index (χ1) is 9.97. The Morgan fingerprint density at radius 2 is 1.95 bits per heavy atom. The smallest absolute Gasteiger partial charge is 0.395 e. The largest absolute Gasteiger partial charge is 0.417 e. The average Bonchev–Trinajstić information content (AvgIpc) is 2.97. The van der Waals surface area contributed by atoms with Gasteiger partial charge in [0.25, 0.3) is 0 Å². The van der Waals surface area contributed by atoms with Crippen LogP contribution in [-0.2, 0) is 6.18 Å². The molecule has 0 unspecified atom stereocenters. The minimum absolute atomic E-state index is 0.118. The molecule has 116 valence electrons. The van der Waals surface area contributed by atoms with Gasteiger partial charge in [0.05, 0.1) is 12.2 Å². The number of halogens is 3. The van der Waals surface area contributed by atoms with Crippen LogP contribution >= 0.6 is 0 Å². The van der Waals surface area contributed by atoms with Crippen molar-refractivity contribution in [1.82, 2.24) is 0 Å². The number of carbonyl (C=O) groups is 1. The Morgan fingerprint density at radius 3 is 2.48 bits per heavy atom. The lowest BCUT2D eigenvalue weighted by Crippen LogP contribution is -2.35. The Labute approximate surface area is 121 Å². The second-order valence-corrected chi connectivity index (χ2v) is 5.24. The number of aliphatic hydroxyl groups excluding tert-OH is 1. The van der Waals surface area contributed by atoms with E-state index in [1.54, 1.807) is 0 Å². The van der Waals surface area contributed by atoms with Crippen molar-refractivity contribution in [3.63, 3.8) is 0 Å². The summed E-state index contributed by atoms with van der Waals surface area (Å²) in [5.41, 5.74) is -0.869. The molecular formula is C15H18F3NO2. The highest BCUT2D eigenvalue weighted by atomic mass is 19.4. The predicted molar refractivity (Wildman–Crippen MR) is 73.5 cm³/mol. The summed E-state index contributed by atoms with van der Waals surface area (Å²) in [5.74, 6) is 0. The number of anilines is 1. The second-order valence-electron chi connectivity index (χ2n) is 5.24. The molecule has 0 aromatic heterocycles. The van der Waals surface area contributed by atoms with Crippen molar-refractivity contribution in [3.05, 3.63) is 29.3 Å². The summed E-state index contributed by atoms with van der Waals surface area (Å²) in [4.78, 5) is 12.6. The first-order valence-corrected chi connectivity index (χ1v) is 7.01. The SMILES string of the molecule is O=Cc1ccc(N(CCO)C2CCCC2)cc1C(F)(F)F. The quantitative estimate of drug-likeness (QED) is 0.849. The maximum atomic E-state index is 13.0. The third kappa shape index (κ3) is 3.56. The van der Waals surface area contributed by atoms with Gasteiger partial charge in [0, 0.05) is 23.8 Å². The van der Waals surface area contributed by atoms with Gasteiger partial charge in [-0.05, 0) is 31.0 Å². The molecule has 0 amide bonds. The van der Waals surface area contributed by atoms with Gasteiger partial charge in [0.1, 0.15) is 0 Å². The van der Waals surface area contributed by atoms with Crippen LogP contribution in [-0.4, -0.2) is 30.6 Å². The van der Waals surface area contributed by atoms with Crippen LogP contribution in [0.2, 0.25) is 0 Å². The molecule has 1 saturated carbocycles. The topological polar surface area (TPSA) is 40.5 Å². The summed E-state index contributed by atoms with van der Waals surface area (Å²) < 4.78 is 39.0. The van der Waals surface area contributed by atoms with Crippen LogP contribution in [0, 0.1) is 0 Å². The number of nitrogens with zero attached hydrogens (tertiary/aromatic N) is 1. The van der Waals surface area contributed by atoms with E-state index in [0.29, 0.717) is 12.2 Å². The van der Waals surface area contributed by atoms with Crippen molar-refractivity contribution in [1.29, 1.82) is 0 Å². The Kier molecular flexibility index (Phi) is 4.88. The van der Waals surface area contributed by atoms with Crippen LogP contribution < -0.4 is 4.90 Å². The van der Waals surface area contributed by atoms with Gasteiger partial charge >= 0.3 is 6.18 Å². The highest BCUT2D eigenvalue weighted by Crippen LogP contribution is 2.36. The van der Waals surface area contributed by atoms with E-state index >= 15 is 0 Å². The third-order valence-electron chi connectivity index (χ3n) is 3.91. The number of alkyl halides is 3. The number of benzene rings is 1. The lowest BCUT2D eigenvalue weighted by Gasteiger charge is -2.31. The molecule has 1 N–H and O–H groups in total. The van der Waals surface area contributed by atoms with E-state index in [0.717, 1.165) is 31.7 Å². The van der Waals surface area contributed by atoms with Crippen LogP contribution in [0.25, 0.3) is 0 Å². The fraction of sp³-hybridized carbons (Fsp3) is 0.533. The first kappa shape index (κ1) is 15.8. The number of rotatable bonds is 5. The summed E-state index contributed by atoms with van der Waals surface area (Å²) >= 11 is 0. The number of hydrogen-bond acceptors (Lipinski definition) is 3. The fourth-order valence-corrected chi connectivity index (χ4v) is 2.92. The maximum Gasteiger partial charge on any atom is 0.417 e. The summed E-state index contributed by atoms with van der Waals surface area (Å²) in [6, 6.07) is 3.88. The molecule has 3 nitrogen and oxygen atoms in total. The van der Waals surface area contributed by atoms with Crippen LogP contribution in [0.4, 0.5) is 18.9 Å². The van der Waals surface area contributed by atoms with Gasteiger partial charge in [0.15, 0.2) is 6.29 Å². The Morgan fingerprint density at radius 1 is 1.29 bits per heavy atom. The van der Waals surface area contributed by atoms with Gasteiger partial charge in [-0.15, -0.1) is 0 Å². The highest BCUT2D eigenvalue weighted by Gasteiger charge is 2.34. The lowest BCUT2D eigenvalue weighted by molar-refractivity contribution is -0.137. The van der Waals surface area contributed by atoms with E-state index in [4.69, 9.17) is 5.11 Å². The van der Waals surface area contributed by atoms with Crippen molar-refractivity contribution >= 4 is 12.0 Å². The molecule has 1 aromatic rings. The second kappa shape index (κ2) is 6.47. The zero-order chi connectivity index (χ0) is 15.5. The molecular weight excluding hydrogens is 283 g/mol. The molecule has 0 saturated heterocycles. The molecule has 1 aliphatic carbocycles. The lowest BCUT2D eigenvalue weighted by atomic mass is 10.1. The van der Waals surface area contributed by atoms with Crippen molar-refractivity contribution in [3.8, 4) is 0 Å². The van der Waals surface area contributed by atoms with Crippen molar-refractivity contribution in [2.45, 2.75) is 37.9 Å². The highest BCUT2D eigenvalue weighted by molar-refractivity contribution is 5.79. The molecule has 2 rings (SSSR count). The zero-order valence-corrected chi connectivity index (χ0v) is 11.6. The molecule has 1 aromatic carbocycles. The van der Waals surface area contributed by atoms with Gasteiger partial charge < -0.3 is 10.0 Å². The van der Waals surface area contributed by atoms with Crippen LogP contribution in [0.1, 0.15) is 41.6 Å². The fourth-order valence-electron chi connectivity index (χ4n) is 2.92. The van der Waals surface area contributed by atoms with Gasteiger partial charge in [-0.1, -0.05) is 12.8 Å². The van der Waals surface area contributed by atoms with E-state index < -0.39 is 11.7 Å². The van der Waals surface area contributed by atoms with Crippen LogP contribution in [0.3, 0.4) is 0 Å². The number of hydrogen-bond donors (Lipinski definition) is 1. The molecule has 0 aliphatic heterocycles. The normalized spacial score (nSPS) is 16.2. The molecule has 1 aliphatic rings. The van der Waals surface area contributed by atoms with E-state index in [1.165, 1.54) is 12.1 Å². The number of carbonyl (C=O) groups excluding carboxylic acids is 1. The Bertz CT molecular complexity index is 496. The van der Waals surface area contributed by atoms with E-state index in [-0.39, 0.29) is 24.5 Å². The minimum atomic E-state index is -4.56. The summed E-state index contributed by atoms with van der Waals surface area (Å²) in [5, 5.41) is 9.17. The molecule has 6 heteroatoms. The first-order valence-electron chi connectivity index (χ1n) is 7.01. The molecule has 0 spiro atoms. The zero-order valence-electron chi connectivity index (χ0n) is 11.6. The molecule has 0 radical (unpaired) electrons. The van der Waals surface area contributed by atoms with Crippen LogP contribution in [0.15, 0.2) is 18.2 Å². The van der Waals surface area contributed by atoms with Gasteiger partial charge in [-0.3, -0.25) is 4.79 Å². The standard InChI is InChI=1S/C15H18F3NO2/c16-15(17,18)14-9-13(6-5-11(14)10-21)19(7-8-20)12-3-1-2-4-12/h5-6,9-10,12,20H,1-4,7-8H2. The summed E-state index contributed by atoms with van der Waals surface area (Å²) in [6.07, 6.45) is -0.421. The van der Waals surface area contributed by atoms with Crippen molar-refractivity contribution < 1.29 is 23.1 Å². The molecule has 21 heavy (non-hydrogen) atoms. The van der Waals surface area contributed by atoms with Crippen LogP contribution in [0.5, 0.6) is 0 Å². The minimum Gasteiger partial charge on any atom is -0.395 e. The molecule has 0 bridgehead atoms. The average molecular weight is 301 g/mol. The summed E-state index contributed by atoms with van der Waals surface area (Å²) in [7, 11) is 0. The molecule has 0 atom stereocenters. The summed E-state index contributed by atoms with van der Waals surface area (Å²) in [6.45, 7) is 0.176. The third-order valence-corrected chi connectivity index (χ3v) is 3.91. The maximum absolute atomic E-state index is 13.0. The number of aldehydes is 1. The molecule has 1 fully saturated rings. The van der Waals surface area contributed by atoms with E-state index in [9.17, 15) is 18.0 Å². The van der Waals surface area contributed by atoms with Crippen molar-refractivity contribution in [2.24, 2.45) is 0 Å². The Balaban J connectivity index is 2.38. The van der Waals surface area contributed by atoms with E-state index in [1.807, 2.05) is 4.90 Å². The van der Waals surface area contributed by atoms with Crippen molar-refractivity contribution in [2.75, 3.05) is 18.1 Å². The van der Waals surface area contributed by atoms with Gasteiger partial charge in [-0.25, -0.2) is 0 Å². The molecule has 0 heterocycles.